The van der Waals surface area contributed by atoms with E-state index in [0.29, 0.717) is 6.10 Å². The van der Waals surface area contributed by atoms with E-state index in [0.717, 1.165) is 28.9 Å². The Morgan fingerprint density at radius 2 is 1.76 bits per heavy atom. The SMILES string of the molecule is CSc1cccc(OC2CC2)c1B1OC(C)(C)C(C)(C)O1. The Kier molecular flexibility index (Phi) is 3.79. The second-order valence-corrected chi connectivity index (χ2v) is 7.63. The van der Waals surface area contributed by atoms with Crippen molar-refractivity contribution < 1.29 is 14.0 Å². The van der Waals surface area contributed by atoms with Crippen LogP contribution in [-0.2, 0) is 9.31 Å². The molecule has 0 bridgehead atoms. The monoisotopic (exact) mass is 306 g/mol. The number of benzene rings is 1. The van der Waals surface area contributed by atoms with Gasteiger partial charge in [0.2, 0.25) is 0 Å². The number of ether oxygens (including phenoxy) is 1. The summed E-state index contributed by atoms with van der Waals surface area (Å²) in [4.78, 5) is 1.16. The zero-order valence-corrected chi connectivity index (χ0v) is 14.3. The van der Waals surface area contributed by atoms with Crippen LogP contribution in [0.1, 0.15) is 40.5 Å². The van der Waals surface area contributed by atoms with Crippen molar-refractivity contribution in [2.75, 3.05) is 6.26 Å². The molecule has 21 heavy (non-hydrogen) atoms. The molecule has 1 aliphatic carbocycles. The third-order valence-electron chi connectivity index (χ3n) is 4.55. The molecule has 0 aromatic heterocycles. The third-order valence-corrected chi connectivity index (χ3v) is 5.35. The van der Waals surface area contributed by atoms with Crippen molar-refractivity contribution in [1.82, 2.24) is 0 Å². The van der Waals surface area contributed by atoms with Crippen molar-refractivity contribution in [3.63, 3.8) is 0 Å². The summed E-state index contributed by atoms with van der Waals surface area (Å²) in [5.41, 5.74) is 0.371. The van der Waals surface area contributed by atoms with Crippen LogP contribution in [0.5, 0.6) is 5.75 Å². The molecule has 0 atom stereocenters. The van der Waals surface area contributed by atoms with Crippen molar-refractivity contribution >= 4 is 24.3 Å². The molecule has 1 aromatic carbocycles. The molecule has 2 aliphatic rings. The maximum Gasteiger partial charge on any atom is 0.499 e. The number of hydrogen-bond acceptors (Lipinski definition) is 4. The molecule has 0 N–H and O–H groups in total. The molecule has 0 radical (unpaired) electrons. The molecule has 0 amide bonds. The van der Waals surface area contributed by atoms with Gasteiger partial charge in [0.05, 0.1) is 17.3 Å². The first kappa shape index (κ1) is 15.3. The Hall–Kier alpha value is -0.645. The van der Waals surface area contributed by atoms with Gasteiger partial charge in [0.15, 0.2) is 0 Å². The summed E-state index contributed by atoms with van der Waals surface area (Å²) in [6.07, 6.45) is 4.73. The maximum atomic E-state index is 6.22. The molecule has 1 saturated carbocycles. The highest BCUT2D eigenvalue weighted by molar-refractivity contribution is 7.98. The van der Waals surface area contributed by atoms with Crippen molar-refractivity contribution in [3.05, 3.63) is 18.2 Å². The van der Waals surface area contributed by atoms with Crippen LogP contribution in [-0.4, -0.2) is 30.7 Å². The van der Waals surface area contributed by atoms with Gasteiger partial charge in [0.25, 0.3) is 0 Å². The lowest BCUT2D eigenvalue weighted by Crippen LogP contribution is -2.41. The Balaban J connectivity index is 1.97. The molecule has 1 heterocycles. The normalized spacial score (nSPS) is 23.4. The van der Waals surface area contributed by atoms with E-state index < -0.39 is 0 Å². The van der Waals surface area contributed by atoms with Crippen LogP contribution in [0.2, 0.25) is 0 Å². The van der Waals surface area contributed by atoms with Crippen molar-refractivity contribution in [3.8, 4) is 5.75 Å². The van der Waals surface area contributed by atoms with Gasteiger partial charge in [-0.05, 0) is 58.9 Å². The lowest BCUT2D eigenvalue weighted by Gasteiger charge is -2.32. The van der Waals surface area contributed by atoms with E-state index >= 15 is 0 Å². The van der Waals surface area contributed by atoms with Crippen LogP contribution in [0.4, 0.5) is 0 Å². The van der Waals surface area contributed by atoms with E-state index in [-0.39, 0.29) is 18.3 Å². The summed E-state index contributed by atoms with van der Waals surface area (Å²) in [7, 11) is -0.368. The summed E-state index contributed by atoms with van der Waals surface area (Å²) in [6, 6.07) is 6.17. The highest BCUT2D eigenvalue weighted by Gasteiger charge is 2.53. The van der Waals surface area contributed by atoms with E-state index in [4.69, 9.17) is 14.0 Å². The van der Waals surface area contributed by atoms with E-state index in [1.165, 1.54) is 0 Å². The Morgan fingerprint density at radius 1 is 1.14 bits per heavy atom. The average Bonchev–Trinajstić information content (AvgIpc) is 3.17. The van der Waals surface area contributed by atoms with Crippen LogP contribution >= 0.6 is 11.8 Å². The van der Waals surface area contributed by atoms with Crippen LogP contribution in [0.15, 0.2) is 23.1 Å². The van der Waals surface area contributed by atoms with Crippen molar-refractivity contribution in [2.45, 2.75) is 62.7 Å². The predicted molar refractivity (Wildman–Crippen MR) is 87.6 cm³/mol. The summed E-state index contributed by atoms with van der Waals surface area (Å²) in [6.45, 7) is 8.32. The fraction of sp³-hybridized carbons (Fsp3) is 0.625. The largest absolute Gasteiger partial charge is 0.499 e. The number of thioether (sulfide) groups is 1. The second kappa shape index (κ2) is 5.22. The van der Waals surface area contributed by atoms with Gasteiger partial charge in [0.1, 0.15) is 5.75 Å². The molecular weight excluding hydrogens is 283 g/mol. The molecule has 0 unspecified atom stereocenters. The summed E-state index contributed by atoms with van der Waals surface area (Å²) in [5.74, 6) is 0.905. The Morgan fingerprint density at radius 3 is 2.29 bits per heavy atom. The summed E-state index contributed by atoms with van der Waals surface area (Å²) >= 11 is 1.70. The van der Waals surface area contributed by atoms with E-state index in [9.17, 15) is 0 Å². The lowest BCUT2D eigenvalue weighted by molar-refractivity contribution is 0.00578. The maximum absolute atomic E-state index is 6.22. The van der Waals surface area contributed by atoms with E-state index in [1.54, 1.807) is 11.8 Å². The van der Waals surface area contributed by atoms with Crippen LogP contribution < -0.4 is 10.2 Å². The minimum absolute atomic E-state index is 0.333. The van der Waals surface area contributed by atoms with Gasteiger partial charge in [-0.2, -0.15) is 0 Å². The first-order valence-corrected chi connectivity index (χ1v) is 8.76. The Labute approximate surface area is 131 Å². The van der Waals surface area contributed by atoms with Crippen LogP contribution in [0, 0.1) is 0 Å². The van der Waals surface area contributed by atoms with Gasteiger partial charge in [-0.3, -0.25) is 0 Å². The minimum atomic E-state index is -0.368. The number of rotatable bonds is 4. The van der Waals surface area contributed by atoms with Gasteiger partial charge < -0.3 is 14.0 Å². The molecule has 1 saturated heterocycles. The molecule has 3 rings (SSSR count). The molecule has 5 heteroatoms. The van der Waals surface area contributed by atoms with E-state index in [1.807, 2.05) is 12.1 Å². The van der Waals surface area contributed by atoms with Crippen molar-refractivity contribution in [1.29, 1.82) is 0 Å². The fourth-order valence-corrected chi connectivity index (χ4v) is 2.99. The Bertz CT molecular complexity index is 524. The molecule has 114 valence electrons. The van der Waals surface area contributed by atoms with Gasteiger partial charge in [-0.1, -0.05) is 6.07 Å². The smallest absolute Gasteiger partial charge is 0.491 e. The summed E-state index contributed by atoms with van der Waals surface area (Å²) < 4.78 is 18.5. The van der Waals surface area contributed by atoms with Crippen molar-refractivity contribution in [2.24, 2.45) is 0 Å². The highest BCUT2D eigenvalue weighted by Crippen LogP contribution is 2.38. The summed E-state index contributed by atoms with van der Waals surface area (Å²) in [5, 5.41) is 0. The molecule has 3 nitrogen and oxygen atoms in total. The second-order valence-electron chi connectivity index (χ2n) is 6.78. The molecule has 0 spiro atoms. The van der Waals surface area contributed by atoms with Crippen LogP contribution in [0.3, 0.4) is 0 Å². The molecule has 1 aromatic rings. The van der Waals surface area contributed by atoms with E-state index in [2.05, 4.69) is 40.0 Å². The predicted octanol–water partition coefficient (Wildman–Crippen LogP) is 3.25. The molecule has 1 aliphatic heterocycles. The van der Waals surface area contributed by atoms with Gasteiger partial charge >= 0.3 is 7.12 Å². The average molecular weight is 306 g/mol. The minimum Gasteiger partial charge on any atom is -0.491 e. The zero-order valence-electron chi connectivity index (χ0n) is 13.4. The first-order valence-electron chi connectivity index (χ1n) is 7.53. The van der Waals surface area contributed by atoms with Gasteiger partial charge in [0, 0.05) is 10.4 Å². The van der Waals surface area contributed by atoms with Gasteiger partial charge in [-0.15, -0.1) is 11.8 Å². The highest BCUT2D eigenvalue weighted by atomic mass is 32.2. The number of hydrogen-bond donors (Lipinski definition) is 0. The first-order chi connectivity index (χ1) is 9.84. The fourth-order valence-electron chi connectivity index (χ4n) is 2.36. The molecule has 2 fully saturated rings. The topological polar surface area (TPSA) is 27.7 Å². The third kappa shape index (κ3) is 2.83. The lowest BCUT2D eigenvalue weighted by atomic mass is 9.78. The quantitative estimate of drug-likeness (QED) is 0.630. The molecular formula is C16H23BO3S. The van der Waals surface area contributed by atoms with Crippen LogP contribution in [0.25, 0.3) is 0 Å². The standard InChI is InChI=1S/C16H23BO3S/c1-15(2)16(3,4)20-17(19-15)14-12(18-11-9-10-11)7-6-8-13(14)21-5/h6-8,11H,9-10H2,1-5H3. The van der Waals surface area contributed by atoms with Gasteiger partial charge in [-0.25, -0.2) is 0 Å². The zero-order chi connectivity index (χ0) is 15.3.